The summed E-state index contributed by atoms with van der Waals surface area (Å²) in [4.78, 5) is 73.2. The Bertz CT molecular complexity index is 2030. The van der Waals surface area contributed by atoms with Crippen molar-refractivity contribution < 1.29 is 80.2 Å². The van der Waals surface area contributed by atoms with Crippen LogP contribution in [0.2, 0.25) is 0 Å². The zero-order valence-corrected chi connectivity index (χ0v) is 72.1. The number of aliphatic hydroxyl groups excluding tert-OH is 1. The van der Waals surface area contributed by atoms with E-state index in [4.69, 9.17) is 37.0 Å². The minimum Gasteiger partial charge on any atom is -0.462 e. The first-order valence-corrected chi connectivity index (χ1v) is 48.6. The number of carbonyl (C=O) groups excluding carboxylic acids is 4. The topological polar surface area (TPSA) is 237 Å². The summed E-state index contributed by atoms with van der Waals surface area (Å²) in [5.41, 5.74) is 0. The Morgan fingerprint density at radius 3 is 0.636 bits per heavy atom. The lowest BCUT2D eigenvalue weighted by Crippen LogP contribution is -2.30. The maximum atomic E-state index is 13.2. The van der Waals surface area contributed by atoms with Crippen LogP contribution in [-0.4, -0.2) is 96.7 Å². The monoisotopic (exact) mass is 1560 g/mol. The van der Waals surface area contributed by atoms with E-state index in [1.165, 1.54) is 295 Å². The fourth-order valence-electron chi connectivity index (χ4n) is 13.8. The third-order valence-corrected chi connectivity index (χ3v) is 22.7. The van der Waals surface area contributed by atoms with E-state index >= 15 is 0 Å². The molecule has 0 saturated carbocycles. The highest BCUT2D eigenvalue weighted by Crippen LogP contribution is 2.45. The van der Waals surface area contributed by atoms with E-state index < -0.39 is 97.5 Å². The normalized spacial score (nSPS) is 13.7. The first-order valence-electron chi connectivity index (χ1n) is 45.6. The lowest BCUT2D eigenvalue weighted by Gasteiger charge is -2.21. The molecule has 17 nitrogen and oxygen atoms in total. The van der Waals surface area contributed by atoms with Gasteiger partial charge in [-0.25, -0.2) is 9.13 Å². The molecule has 0 aliphatic rings. The summed E-state index contributed by atoms with van der Waals surface area (Å²) in [6, 6.07) is 0. The molecule has 0 aromatic heterocycles. The van der Waals surface area contributed by atoms with Crippen molar-refractivity contribution in [3.8, 4) is 0 Å². The van der Waals surface area contributed by atoms with Gasteiger partial charge in [-0.15, -0.1) is 0 Å². The van der Waals surface area contributed by atoms with Crippen LogP contribution >= 0.6 is 15.6 Å². The van der Waals surface area contributed by atoms with Crippen LogP contribution in [0.25, 0.3) is 0 Å². The number of hydrogen-bond donors (Lipinski definition) is 3. The number of phosphoric ester groups is 2. The summed E-state index contributed by atoms with van der Waals surface area (Å²) in [5, 5.41) is 10.7. The van der Waals surface area contributed by atoms with Crippen molar-refractivity contribution in [3.63, 3.8) is 0 Å². The lowest BCUT2D eigenvalue weighted by molar-refractivity contribution is -0.161. The van der Waals surface area contributed by atoms with Crippen molar-refractivity contribution in [1.82, 2.24) is 0 Å². The van der Waals surface area contributed by atoms with Crippen LogP contribution in [0.5, 0.6) is 0 Å². The average molecular weight is 1560 g/mol. The van der Waals surface area contributed by atoms with Gasteiger partial charge in [0.2, 0.25) is 0 Å². The van der Waals surface area contributed by atoms with Crippen LogP contribution in [0.15, 0.2) is 0 Å². The minimum absolute atomic E-state index is 0.108. The second kappa shape index (κ2) is 80.7. The van der Waals surface area contributed by atoms with Gasteiger partial charge < -0.3 is 33.8 Å². The highest BCUT2D eigenvalue weighted by atomic mass is 31.2. The largest absolute Gasteiger partial charge is 0.472 e. The zero-order valence-electron chi connectivity index (χ0n) is 70.3. The SMILES string of the molecule is CCCCCCCCCCCCCCCCCCCCCCC(=O)OC[C@H](COP(=O)(O)OC[C@@H](O)COP(=O)(O)OC[C@@H](COC(=O)CCCCCCCCC(C)C)OC(=O)CCCCCCCCCCCCCCCCCCCC)OC(=O)CCCCCCCCCCCCCCCCCCCCCC. The number of unbranched alkanes of at least 4 members (excludes halogenated alkanes) is 60. The highest BCUT2D eigenvalue weighted by molar-refractivity contribution is 7.47. The van der Waals surface area contributed by atoms with Crippen molar-refractivity contribution in [1.29, 1.82) is 0 Å². The van der Waals surface area contributed by atoms with Gasteiger partial charge in [-0.3, -0.25) is 37.3 Å². The molecule has 0 rings (SSSR count). The Morgan fingerprint density at radius 2 is 0.430 bits per heavy atom. The van der Waals surface area contributed by atoms with Crippen LogP contribution < -0.4 is 0 Å². The van der Waals surface area contributed by atoms with Crippen LogP contribution in [0, 0.1) is 5.92 Å². The molecule has 0 spiro atoms. The van der Waals surface area contributed by atoms with Crippen LogP contribution in [0.4, 0.5) is 0 Å². The van der Waals surface area contributed by atoms with E-state index in [0.717, 1.165) is 96.3 Å². The summed E-state index contributed by atoms with van der Waals surface area (Å²) in [7, 11) is -9.93. The molecule has 0 aromatic rings. The molecule has 2 unspecified atom stereocenters. The number of aliphatic hydroxyl groups is 1. The summed E-state index contributed by atoms with van der Waals surface area (Å²) < 4.78 is 68.9. The molecule has 0 heterocycles. The van der Waals surface area contributed by atoms with Crippen molar-refractivity contribution in [2.45, 2.75) is 496 Å². The molecular formula is C88H172O17P2. The molecule has 0 aromatic carbocycles. The molecular weight excluding hydrogens is 1390 g/mol. The smallest absolute Gasteiger partial charge is 0.462 e. The zero-order chi connectivity index (χ0) is 78.3. The van der Waals surface area contributed by atoms with Gasteiger partial charge in [0.1, 0.15) is 19.3 Å². The second-order valence-corrected chi connectivity index (χ2v) is 35.0. The lowest BCUT2D eigenvalue weighted by atomic mass is 10.0. The Hall–Kier alpha value is -1.94. The number of rotatable bonds is 88. The molecule has 0 bridgehead atoms. The van der Waals surface area contributed by atoms with Crippen molar-refractivity contribution in [2.24, 2.45) is 5.92 Å². The second-order valence-electron chi connectivity index (χ2n) is 32.1. The molecule has 0 saturated heterocycles. The Labute approximate surface area is 658 Å². The predicted octanol–water partition coefficient (Wildman–Crippen LogP) is 27.2. The molecule has 19 heteroatoms. The molecule has 0 radical (unpaired) electrons. The number of ether oxygens (including phenoxy) is 4. The van der Waals surface area contributed by atoms with Gasteiger partial charge in [-0.05, 0) is 31.6 Å². The van der Waals surface area contributed by atoms with Gasteiger partial charge in [0.15, 0.2) is 12.2 Å². The van der Waals surface area contributed by atoms with Gasteiger partial charge in [-0.1, -0.05) is 426 Å². The van der Waals surface area contributed by atoms with Gasteiger partial charge in [-0.2, -0.15) is 0 Å². The molecule has 0 amide bonds. The van der Waals surface area contributed by atoms with Gasteiger partial charge in [0.05, 0.1) is 26.4 Å². The Balaban J connectivity index is 5.20. The quantitative estimate of drug-likeness (QED) is 0.0222. The molecule has 107 heavy (non-hydrogen) atoms. The summed E-state index contributed by atoms with van der Waals surface area (Å²) in [6.45, 7) is 7.29. The third-order valence-electron chi connectivity index (χ3n) is 20.8. The van der Waals surface area contributed by atoms with E-state index in [0.29, 0.717) is 31.6 Å². The summed E-state index contributed by atoms with van der Waals surface area (Å²) in [5.74, 6) is -1.42. The third kappa shape index (κ3) is 81.9. The number of hydrogen-bond acceptors (Lipinski definition) is 15. The molecule has 3 N–H and O–H groups in total. The van der Waals surface area contributed by atoms with E-state index in [2.05, 4.69) is 34.6 Å². The van der Waals surface area contributed by atoms with E-state index in [-0.39, 0.29) is 25.7 Å². The molecule has 0 aliphatic heterocycles. The van der Waals surface area contributed by atoms with E-state index in [9.17, 15) is 43.2 Å². The summed E-state index contributed by atoms with van der Waals surface area (Å²) in [6.07, 6.45) is 75.3. The molecule has 636 valence electrons. The van der Waals surface area contributed by atoms with Gasteiger partial charge >= 0.3 is 39.5 Å². The van der Waals surface area contributed by atoms with Crippen molar-refractivity contribution in [2.75, 3.05) is 39.6 Å². The van der Waals surface area contributed by atoms with E-state index in [1.807, 2.05) is 0 Å². The predicted molar refractivity (Wildman–Crippen MR) is 442 cm³/mol. The van der Waals surface area contributed by atoms with E-state index in [1.54, 1.807) is 0 Å². The molecule has 5 atom stereocenters. The fourth-order valence-corrected chi connectivity index (χ4v) is 15.4. The minimum atomic E-state index is -4.97. The molecule has 0 aliphatic carbocycles. The van der Waals surface area contributed by atoms with Gasteiger partial charge in [0.25, 0.3) is 0 Å². The first-order chi connectivity index (χ1) is 52.0. The number of carbonyl (C=O) groups is 4. The summed E-state index contributed by atoms with van der Waals surface area (Å²) >= 11 is 0. The maximum Gasteiger partial charge on any atom is 0.472 e. The van der Waals surface area contributed by atoms with Crippen LogP contribution in [0.3, 0.4) is 0 Å². The maximum absolute atomic E-state index is 13.2. The van der Waals surface area contributed by atoms with Crippen LogP contribution in [0.1, 0.15) is 478 Å². The fraction of sp³-hybridized carbons (Fsp3) is 0.955. The standard InChI is InChI=1S/C88H172O17P2/c1-6-9-12-15-18-21-24-27-30-33-36-38-41-43-46-49-52-55-61-66-71-85(90)98-77-83(104-87(92)73-68-64-57-54-51-48-45-42-39-37-34-31-28-25-22-19-16-13-10-7-2)79-102-106(94,95)100-75-82(89)76-101-107(96,97)103-80-84(78-99-86(91)72-67-62-59-58-60-65-70-81(4)5)105-88(93)74-69-63-56-53-50-47-44-40-35-32-29-26-23-20-17-14-11-8-3/h81-84,89H,6-80H2,1-5H3,(H,94,95)(H,96,97)/t82-,83-,84-/m1/s1. The Morgan fingerprint density at radius 1 is 0.252 bits per heavy atom. The number of esters is 4. The highest BCUT2D eigenvalue weighted by Gasteiger charge is 2.30. The van der Waals surface area contributed by atoms with Crippen molar-refractivity contribution in [3.05, 3.63) is 0 Å². The number of phosphoric acid groups is 2. The first kappa shape index (κ1) is 105. The van der Waals surface area contributed by atoms with Crippen LogP contribution in [-0.2, 0) is 65.4 Å². The van der Waals surface area contributed by atoms with Gasteiger partial charge in [0, 0.05) is 25.7 Å². The molecule has 0 fully saturated rings. The average Bonchev–Trinajstić information content (AvgIpc) is 0.904. The van der Waals surface area contributed by atoms with Crippen molar-refractivity contribution >= 4 is 39.5 Å². The Kier molecular flexibility index (Phi) is 79.2.